The number of fused-ring (bicyclic) bond motifs is 1. The largest absolute Gasteiger partial charge is 0.351 e. The molecule has 2 heterocycles. The van der Waals surface area contributed by atoms with E-state index in [0.717, 1.165) is 18.4 Å². The Bertz CT molecular complexity index is 926. The van der Waals surface area contributed by atoms with Crippen molar-refractivity contribution in [2.75, 3.05) is 19.6 Å². The number of carbonyl (C=O) groups excluding carboxylic acids is 3. The lowest BCUT2D eigenvalue weighted by molar-refractivity contribution is -0.154. The summed E-state index contributed by atoms with van der Waals surface area (Å²) in [6, 6.07) is 17.1. The maximum Gasteiger partial charge on any atom is 0.251 e. The summed E-state index contributed by atoms with van der Waals surface area (Å²) in [5, 5.41) is 2.98. The summed E-state index contributed by atoms with van der Waals surface area (Å²) < 4.78 is 0. The van der Waals surface area contributed by atoms with Gasteiger partial charge < -0.3 is 15.1 Å². The summed E-state index contributed by atoms with van der Waals surface area (Å²) in [4.78, 5) is 40.8. The normalized spacial score (nSPS) is 19.6. The third kappa shape index (κ3) is 4.22. The Morgan fingerprint density at radius 1 is 1.10 bits per heavy atom. The van der Waals surface area contributed by atoms with Gasteiger partial charge in [0.2, 0.25) is 11.8 Å². The van der Waals surface area contributed by atoms with E-state index < -0.39 is 0 Å². The third-order valence-electron chi connectivity index (χ3n) is 6.02. The van der Waals surface area contributed by atoms with E-state index in [4.69, 9.17) is 0 Å². The Labute approximate surface area is 176 Å². The molecule has 30 heavy (non-hydrogen) atoms. The van der Waals surface area contributed by atoms with Crippen LogP contribution < -0.4 is 5.32 Å². The van der Waals surface area contributed by atoms with Crippen molar-refractivity contribution in [2.45, 2.75) is 38.3 Å². The number of hydrogen-bond donors (Lipinski definition) is 1. The number of nitrogens with zero attached hydrogens (tertiary/aromatic N) is 2. The first kappa shape index (κ1) is 20.1. The maximum absolute atomic E-state index is 12.7. The number of nitrogens with one attached hydrogen (secondary N) is 1. The van der Waals surface area contributed by atoms with Gasteiger partial charge in [-0.25, -0.2) is 0 Å². The van der Waals surface area contributed by atoms with Crippen molar-refractivity contribution in [2.24, 2.45) is 0 Å². The molecule has 0 bridgehead atoms. The number of carbonyl (C=O) groups is 3. The number of benzene rings is 2. The molecule has 0 saturated carbocycles. The highest BCUT2D eigenvalue weighted by molar-refractivity contribution is 5.95. The van der Waals surface area contributed by atoms with Crippen LogP contribution in [0.4, 0.5) is 0 Å². The fourth-order valence-corrected chi connectivity index (χ4v) is 4.23. The summed E-state index contributed by atoms with van der Waals surface area (Å²) in [6.45, 7) is 3.86. The number of rotatable bonds is 6. The molecule has 1 N–H and O–H groups in total. The molecule has 0 radical (unpaired) electrons. The summed E-state index contributed by atoms with van der Waals surface area (Å²) in [6.07, 6.45) is 1.64. The minimum absolute atomic E-state index is 0.0284. The predicted octanol–water partition coefficient (Wildman–Crippen LogP) is 2.55. The average Bonchev–Trinajstić information content (AvgIpc) is 3.27. The van der Waals surface area contributed by atoms with Gasteiger partial charge in [-0.1, -0.05) is 49.4 Å². The molecule has 2 aliphatic heterocycles. The predicted molar refractivity (Wildman–Crippen MR) is 114 cm³/mol. The first-order chi connectivity index (χ1) is 14.5. The van der Waals surface area contributed by atoms with Crippen molar-refractivity contribution in [3.8, 4) is 0 Å². The van der Waals surface area contributed by atoms with Crippen LogP contribution in [-0.2, 0) is 16.1 Å². The fourth-order valence-electron chi connectivity index (χ4n) is 4.23. The minimum Gasteiger partial charge on any atom is -0.351 e. The van der Waals surface area contributed by atoms with Gasteiger partial charge >= 0.3 is 0 Å². The van der Waals surface area contributed by atoms with Crippen LogP contribution in [0.2, 0.25) is 0 Å². The van der Waals surface area contributed by atoms with Crippen LogP contribution in [0.1, 0.15) is 47.2 Å². The summed E-state index contributed by atoms with van der Waals surface area (Å²) in [5.41, 5.74) is 2.69. The third-order valence-corrected chi connectivity index (χ3v) is 6.02. The topological polar surface area (TPSA) is 69.7 Å². The highest BCUT2D eigenvalue weighted by Crippen LogP contribution is 2.24. The Morgan fingerprint density at radius 3 is 2.57 bits per heavy atom. The quantitative estimate of drug-likeness (QED) is 0.803. The molecule has 3 amide bonds. The minimum atomic E-state index is -0.289. The fraction of sp³-hybridized carbons (Fsp3) is 0.375. The molecular formula is C24H27N3O3. The molecule has 156 valence electrons. The van der Waals surface area contributed by atoms with Crippen molar-refractivity contribution in [3.05, 3.63) is 71.3 Å². The van der Waals surface area contributed by atoms with Crippen molar-refractivity contribution in [1.82, 2.24) is 15.1 Å². The molecule has 4 rings (SSSR count). The van der Waals surface area contributed by atoms with E-state index in [-0.39, 0.29) is 36.2 Å². The number of amides is 3. The van der Waals surface area contributed by atoms with Crippen LogP contribution in [0.5, 0.6) is 0 Å². The average molecular weight is 405 g/mol. The van der Waals surface area contributed by atoms with Gasteiger partial charge in [-0.05, 0) is 42.0 Å². The zero-order chi connectivity index (χ0) is 21.1. The lowest BCUT2D eigenvalue weighted by Crippen LogP contribution is -2.56. The summed E-state index contributed by atoms with van der Waals surface area (Å²) in [7, 11) is 0. The van der Waals surface area contributed by atoms with Crippen molar-refractivity contribution in [3.63, 3.8) is 0 Å². The van der Waals surface area contributed by atoms with E-state index in [0.29, 0.717) is 25.2 Å². The van der Waals surface area contributed by atoms with E-state index >= 15 is 0 Å². The molecule has 6 nitrogen and oxygen atoms in total. The first-order valence-electron chi connectivity index (χ1n) is 10.5. The monoisotopic (exact) mass is 405 g/mol. The second kappa shape index (κ2) is 8.69. The van der Waals surface area contributed by atoms with Crippen molar-refractivity contribution < 1.29 is 14.4 Å². The van der Waals surface area contributed by atoms with Crippen LogP contribution in [0.3, 0.4) is 0 Å². The van der Waals surface area contributed by atoms with Crippen LogP contribution in [0.15, 0.2) is 54.6 Å². The van der Waals surface area contributed by atoms with Crippen LogP contribution >= 0.6 is 0 Å². The number of piperazine rings is 1. The van der Waals surface area contributed by atoms with Gasteiger partial charge in [0.15, 0.2) is 0 Å². The van der Waals surface area contributed by atoms with Gasteiger partial charge in [-0.2, -0.15) is 0 Å². The molecule has 2 aromatic rings. The Kier molecular flexibility index (Phi) is 5.84. The van der Waals surface area contributed by atoms with E-state index in [1.54, 1.807) is 21.9 Å². The lowest BCUT2D eigenvalue weighted by Gasteiger charge is -2.36. The van der Waals surface area contributed by atoms with Crippen LogP contribution in [0, 0.1) is 0 Å². The van der Waals surface area contributed by atoms with E-state index in [1.165, 1.54) is 5.56 Å². The standard InChI is InChI=1S/C24H27N3O3/c1-17(19-6-3-2-4-7-19)14-25-23(29)20-11-9-18(10-12-20)15-26-16-22(28)27-13-5-8-21(27)24(26)30/h2-4,6-7,9-12,17,21H,5,8,13-16H2,1H3,(H,25,29)/t17-,21-/m1/s1. The first-order valence-corrected chi connectivity index (χ1v) is 10.5. The molecule has 2 atom stereocenters. The maximum atomic E-state index is 12.7. The molecular weight excluding hydrogens is 378 g/mol. The Morgan fingerprint density at radius 2 is 1.83 bits per heavy atom. The molecule has 0 spiro atoms. The lowest BCUT2D eigenvalue weighted by atomic mass is 10.0. The molecule has 2 aliphatic rings. The van der Waals surface area contributed by atoms with Gasteiger partial charge in [0.1, 0.15) is 12.6 Å². The second-order valence-corrected chi connectivity index (χ2v) is 8.16. The number of hydrogen-bond acceptors (Lipinski definition) is 3. The van der Waals surface area contributed by atoms with Gasteiger partial charge in [0.25, 0.3) is 5.91 Å². The molecule has 0 aliphatic carbocycles. The molecule has 2 saturated heterocycles. The van der Waals surface area contributed by atoms with Crippen LogP contribution in [0.25, 0.3) is 0 Å². The van der Waals surface area contributed by atoms with Gasteiger partial charge in [0.05, 0.1) is 0 Å². The van der Waals surface area contributed by atoms with E-state index in [1.807, 2.05) is 30.3 Å². The molecule has 0 aromatic heterocycles. The zero-order valence-electron chi connectivity index (χ0n) is 17.2. The van der Waals surface area contributed by atoms with Gasteiger partial charge in [-0.3, -0.25) is 14.4 Å². The Hall–Kier alpha value is -3.15. The molecule has 6 heteroatoms. The molecule has 2 aromatic carbocycles. The van der Waals surface area contributed by atoms with Crippen LogP contribution in [-0.4, -0.2) is 53.2 Å². The second-order valence-electron chi connectivity index (χ2n) is 8.16. The van der Waals surface area contributed by atoms with E-state index in [9.17, 15) is 14.4 Å². The smallest absolute Gasteiger partial charge is 0.251 e. The molecule has 0 unspecified atom stereocenters. The SMILES string of the molecule is C[C@H](CNC(=O)c1ccc(CN2CC(=O)N3CCC[C@@H]3C2=O)cc1)c1ccccc1. The van der Waals surface area contributed by atoms with Gasteiger partial charge in [-0.15, -0.1) is 0 Å². The highest BCUT2D eigenvalue weighted by Gasteiger charge is 2.41. The van der Waals surface area contributed by atoms with Crippen molar-refractivity contribution in [1.29, 1.82) is 0 Å². The zero-order valence-corrected chi connectivity index (χ0v) is 17.2. The van der Waals surface area contributed by atoms with Crippen molar-refractivity contribution >= 4 is 17.7 Å². The van der Waals surface area contributed by atoms with Gasteiger partial charge in [0, 0.05) is 25.2 Å². The van der Waals surface area contributed by atoms with E-state index in [2.05, 4.69) is 24.4 Å². The Balaban J connectivity index is 1.33. The summed E-state index contributed by atoms with van der Waals surface area (Å²) >= 11 is 0. The summed E-state index contributed by atoms with van der Waals surface area (Å²) in [5.74, 6) is 0.173. The molecule has 2 fully saturated rings. The highest BCUT2D eigenvalue weighted by atomic mass is 16.2.